The molecule has 0 aromatic heterocycles. The highest BCUT2D eigenvalue weighted by Crippen LogP contribution is 2.46. The highest BCUT2D eigenvalue weighted by Gasteiger charge is 2.56. The predicted octanol–water partition coefficient (Wildman–Crippen LogP) is 4.29. The lowest BCUT2D eigenvalue weighted by Gasteiger charge is -2.42. The minimum absolute atomic E-state index is 0.00708. The summed E-state index contributed by atoms with van der Waals surface area (Å²) in [4.78, 5) is 192. The lowest BCUT2D eigenvalue weighted by Crippen LogP contribution is -2.65. The number of hydrogen-bond donors (Lipinski definition) is 4. The average Bonchev–Trinajstić information content (AvgIpc) is 1.68. The standard InChI is InChI=1S/C74H114F8N12O15/c1-10-43(2)61-69(105)87(4)41-59(98)88(5)52-20-12-11-17-29-93(68(52)104)55(36-44-21-24-47(25-22-44)73(77,78)79)66(102)86(3)40-57(96)83-51(26-23-45-34-49(75)60(50(76)35-45)74(80,81)82)65(101)94-39-48(95)37-53(94)64(100)85-72(27-15-16-28-72)71(107)91(8)62(46-18-13-14-19-46)70(106)90(7)54(67(103)92-30-32-109-33-31-92)38-58(97)89(6)56(42-108-9)63(99)84-61/h43-56,60-62,95H,10-42H2,1-9H3,(H,83,96)(H,84,99)(H,85,100)/t43-,44?,45?,47?,48-,49?,50?,51-,52-,53-,54-,55-,56-,60?,61-,62-/m0/s1. The first-order valence-electron chi connectivity index (χ1n) is 38.9. The van der Waals surface area contributed by atoms with E-state index in [0.717, 1.165) is 29.4 Å². The number of nitrogens with zero attached hydrogens (tertiary/aromatic N) is 9. The normalized spacial score (nSPS) is 32.6. The Labute approximate surface area is 632 Å². The molecule has 616 valence electrons. The van der Waals surface area contributed by atoms with Crippen molar-refractivity contribution < 1.29 is 107 Å². The number of fused-ring (bicyclic) bond motifs is 3. The first-order chi connectivity index (χ1) is 51.3. The van der Waals surface area contributed by atoms with E-state index in [9.17, 15) is 60.2 Å². The molecule has 4 saturated heterocycles. The Bertz CT molecular complexity index is 3210. The Balaban J connectivity index is 1.20. The van der Waals surface area contributed by atoms with Crippen molar-refractivity contribution in [3.63, 3.8) is 0 Å². The monoisotopic (exact) mass is 1560 g/mol. The molecule has 0 radical (unpaired) electrons. The summed E-state index contributed by atoms with van der Waals surface area (Å²) in [6, 6.07) is -11.9. The largest absolute Gasteiger partial charge is 0.397 e. The van der Waals surface area contributed by atoms with Crippen molar-refractivity contribution in [2.24, 2.45) is 35.5 Å². The molecular weight excluding hydrogens is 1450 g/mol. The van der Waals surface area contributed by atoms with Gasteiger partial charge in [0, 0.05) is 82.0 Å². The second-order valence-corrected chi connectivity index (χ2v) is 32.0. The second-order valence-electron chi connectivity index (χ2n) is 32.0. The molecule has 27 nitrogen and oxygen atoms in total. The van der Waals surface area contributed by atoms with Crippen LogP contribution in [0.3, 0.4) is 0 Å². The van der Waals surface area contributed by atoms with Crippen LogP contribution in [-0.2, 0) is 67.0 Å². The number of methoxy groups -OCH3 is 1. The van der Waals surface area contributed by atoms with E-state index in [4.69, 9.17) is 9.47 Å². The van der Waals surface area contributed by atoms with Gasteiger partial charge in [-0.15, -0.1) is 0 Å². The fourth-order valence-electron chi connectivity index (χ4n) is 17.7. The topological polar surface area (TPSA) is 309 Å². The summed E-state index contributed by atoms with van der Waals surface area (Å²) in [5, 5.41) is 19.7. The number of carbonyl (C=O) groups excluding carboxylic acids is 12. The number of ether oxygens (including phenoxy) is 2. The van der Waals surface area contributed by atoms with Gasteiger partial charge in [0.05, 0.1) is 51.4 Å². The third-order valence-electron chi connectivity index (χ3n) is 24.6. The van der Waals surface area contributed by atoms with Crippen LogP contribution in [0.25, 0.3) is 0 Å². The number of hydrogen-bond acceptors (Lipinski definition) is 15. The van der Waals surface area contributed by atoms with Gasteiger partial charge in [0.15, 0.2) is 0 Å². The number of rotatable bonds is 11. The number of amides is 12. The van der Waals surface area contributed by atoms with Gasteiger partial charge in [-0.25, -0.2) is 8.78 Å². The summed E-state index contributed by atoms with van der Waals surface area (Å²) < 4.78 is 126. The van der Waals surface area contributed by atoms with Gasteiger partial charge in [-0.3, -0.25) is 57.5 Å². The van der Waals surface area contributed by atoms with Crippen LogP contribution in [-0.4, -0.2) is 313 Å². The Morgan fingerprint density at radius 2 is 1.23 bits per heavy atom. The van der Waals surface area contributed by atoms with Gasteiger partial charge in [-0.05, 0) is 120 Å². The van der Waals surface area contributed by atoms with Crippen molar-refractivity contribution in [2.45, 2.75) is 253 Å². The van der Waals surface area contributed by atoms with Crippen molar-refractivity contribution in [3.8, 4) is 0 Å². The lowest BCUT2D eigenvalue weighted by molar-refractivity contribution is -0.219. The Hall–Kier alpha value is -7.04. The summed E-state index contributed by atoms with van der Waals surface area (Å²) in [5.41, 5.74) is -1.77. The molecule has 2 unspecified atom stereocenters. The van der Waals surface area contributed by atoms with Gasteiger partial charge in [-0.1, -0.05) is 58.8 Å². The van der Waals surface area contributed by atoms with Crippen LogP contribution in [0.15, 0.2) is 0 Å². The molecule has 4 N–H and O–H groups in total. The molecule has 109 heavy (non-hydrogen) atoms. The average molecular weight is 1560 g/mol. The molecule has 4 saturated carbocycles. The van der Waals surface area contributed by atoms with Crippen LogP contribution in [0.4, 0.5) is 35.1 Å². The highest BCUT2D eigenvalue weighted by atomic mass is 19.4. The van der Waals surface area contributed by atoms with E-state index in [-0.39, 0.29) is 90.6 Å². The maximum atomic E-state index is 15.7. The summed E-state index contributed by atoms with van der Waals surface area (Å²) in [5.74, 6) is -17.4. The van der Waals surface area contributed by atoms with E-state index >= 15 is 37.5 Å². The summed E-state index contributed by atoms with van der Waals surface area (Å²) in [6.07, 6.45) is -16.4. The number of aliphatic hydroxyl groups is 1. The Morgan fingerprint density at radius 3 is 1.83 bits per heavy atom. The molecule has 4 heterocycles. The second kappa shape index (κ2) is 38.0. The van der Waals surface area contributed by atoms with Gasteiger partial charge in [0.25, 0.3) is 0 Å². The Kier molecular flexibility index (Phi) is 30.5. The Morgan fingerprint density at radius 1 is 0.615 bits per heavy atom. The molecule has 8 rings (SSSR count). The quantitative estimate of drug-likeness (QED) is 0.210. The number of aliphatic hydroxyl groups excluding tert-OH is 1. The number of alkyl halides is 8. The minimum Gasteiger partial charge on any atom is -0.391 e. The summed E-state index contributed by atoms with van der Waals surface area (Å²) >= 11 is 0. The molecule has 4 aliphatic heterocycles. The fraction of sp³-hybridized carbons (Fsp3) is 0.838. The van der Waals surface area contributed by atoms with Crippen LogP contribution in [0.2, 0.25) is 0 Å². The zero-order chi connectivity index (χ0) is 80.3. The predicted molar refractivity (Wildman–Crippen MR) is 378 cm³/mol. The van der Waals surface area contributed by atoms with Crippen LogP contribution in [0, 0.1) is 35.5 Å². The van der Waals surface area contributed by atoms with E-state index in [0.29, 0.717) is 64.2 Å². The van der Waals surface area contributed by atoms with Gasteiger partial charge in [0.1, 0.15) is 72.1 Å². The molecular formula is C74H114F8N12O15. The van der Waals surface area contributed by atoms with Crippen molar-refractivity contribution in [1.82, 2.24) is 60.0 Å². The van der Waals surface area contributed by atoms with E-state index in [1.54, 1.807) is 13.8 Å². The molecule has 1 spiro atoms. The molecule has 12 atom stereocenters. The van der Waals surface area contributed by atoms with Gasteiger partial charge in [-0.2, -0.15) is 26.3 Å². The van der Waals surface area contributed by atoms with Crippen molar-refractivity contribution in [3.05, 3.63) is 0 Å². The van der Waals surface area contributed by atoms with E-state index in [1.165, 1.54) is 64.1 Å². The van der Waals surface area contributed by atoms with Gasteiger partial charge in [0.2, 0.25) is 70.9 Å². The van der Waals surface area contributed by atoms with E-state index < -0.39 is 249 Å². The minimum atomic E-state index is -5.23. The molecule has 4 aliphatic carbocycles. The number of likely N-dealkylation sites (N-methyl/N-ethyl adjacent to an activating group) is 6. The molecule has 8 fully saturated rings. The third-order valence-corrected chi connectivity index (χ3v) is 24.6. The van der Waals surface area contributed by atoms with Crippen LogP contribution in [0.1, 0.15) is 168 Å². The number of halogens is 8. The molecule has 0 aromatic rings. The van der Waals surface area contributed by atoms with Crippen LogP contribution >= 0.6 is 0 Å². The SMILES string of the molecule is CC[C@H](C)[C@@H]1NC(=O)[C@H](COC)N(C)C(=O)C[C@@H](C(=O)N2CCOCC2)N(C)C(=O)[C@H](C2CCCC2)N(C)C(=O)C2(CCCC2)NC(=O)[C@@H]2C[C@H](O)CN2C(=O)[C@H](CCC2CC(F)C(C(F)(F)F)C(F)C2)NC(=O)CN(C)C(=O)[C@H](CC2CCC(C(F)(F)F)CC2)N2CCCCC[C@@H](C2=O)N(C)C(=O)CN(C)C1=O. The maximum absolute atomic E-state index is 15.7. The number of carbonyl (C=O) groups is 12. The van der Waals surface area contributed by atoms with Crippen molar-refractivity contribution in [1.29, 1.82) is 0 Å². The molecule has 2 bridgehead atoms. The van der Waals surface area contributed by atoms with E-state index in [2.05, 4.69) is 16.0 Å². The fourth-order valence-corrected chi connectivity index (χ4v) is 17.7. The van der Waals surface area contributed by atoms with E-state index in [1.807, 2.05) is 0 Å². The molecule has 8 aliphatic rings. The first kappa shape index (κ1) is 87.5. The maximum Gasteiger partial charge on any atom is 0.397 e. The molecule has 12 amide bonds. The number of morpholine rings is 1. The number of nitrogens with one attached hydrogen (secondary N) is 3. The zero-order valence-corrected chi connectivity index (χ0v) is 64.4. The van der Waals surface area contributed by atoms with Crippen LogP contribution in [0.5, 0.6) is 0 Å². The summed E-state index contributed by atoms with van der Waals surface area (Å²) in [7, 11) is 9.14. The highest BCUT2D eigenvalue weighted by molar-refractivity contribution is 6.01. The molecule has 35 heteroatoms. The lowest BCUT2D eigenvalue weighted by atomic mass is 9.76. The first-order valence-corrected chi connectivity index (χ1v) is 38.9. The summed E-state index contributed by atoms with van der Waals surface area (Å²) in [6.45, 7) is 1.20. The smallest absolute Gasteiger partial charge is 0.391 e. The van der Waals surface area contributed by atoms with Gasteiger partial charge < -0.3 is 74.6 Å². The zero-order valence-electron chi connectivity index (χ0n) is 64.4. The third kappa shape index (κ3) is 21.2. The van der Waals surface area contributed by atoms with Crippen molar-refractivity contribution in [2.75, 3.05) is 108 Å². The van der Waals surface area contributed by atoms with Gasteiger partial charge >= 0.3 is 12.4 Å². The molecule has 0 aromatic carbocycles. The van der Waals surface area contributed by atoms with Crippen molar-refractivity contribution >= 4 is 70.9 Å². The van der Waals surface area contributed by atoms with Crippen LogP contribution < -0.4 is 16.0 Å².